The third-order valence-electron chi connectivity index (χ3n) is 4.86. The van der Waals surface area contributed by atoms with Crippen molar-refractivity contribution in [1.29, 1.82) is 0 Å². The van der Waals surface area contributed by atoms with Gasteiger partial charge in [-0.2, -0.15) is 0 Å². The van der Waals surface area contributed by atoms with Crippen LogP contribution in [0.4, 0.5) is 14.6 Å². The first-order chi connectivity index (χ1) is 24.6. The number of aromatic nitrogens is 5. The van der Waals surface area contributed by atoms with Crippen LogP contribution in [0.1, 0.15) is 69.5 Å². The molecule has 2 fully saturated rings. The van der Waals surface area contributed by atoms with Gasteiger partial charge in [0, 0.05) is 37.7 Å². The normalized spacial score (nSPS) is 48.5. The van der Waals surface area contributed by atoms with Gasteiger partial charge in [0.15, 0.2) is 33.8 Å². The van der Waals surface area contributed by atoms with Crippen molar-refractivity contribution in [2.24, 2.45) is 0 Å². The van der Waals surface area contributed by atoms with Gasteiger partial charge >= 0.3 is 0 Å². The molecule has 0 amide bonds. The monoisotopic (exact) mass is 541 g/mol. The molecule has 0 aliphatic heterocycles. The molecule has 5 rings (SSSR count). The number of aliphatic hydroxyl groups excluding tert-OH is 1. The Labute approximate surface area is 236 Å². The molecule has 2 aliphatic rings. The topological polar surface area (TPSA) is 138 Å². The van der Waals surface area contributed by atoms with Gasteiger partial charge in [0.2, 0.25) is 0 Å². The number of hydrogen-bond donors (Lipinski definition) is 4. The maximum atomic E-state index is 14.5. The Morgan fingerprint density at radius 2 is 2.22 bits per heavy atom. The number of hydrogen-bond acceptors (Lipinski definition) is 10. The number of benzene rings is 1. The molecule has 3 aromatic rings. The maximum Gasteiger partial charge on any atom is 0.191 e. The third kappa shape index (κ3) is 4.90. The summed E-state index contributed by atoms with van der Waals surface area (Å²) in [6.07, 6.45) is -21.1. The maximum absolute atomic E-state index is 14.5. The average Bonchev–Trinajstić information content (AvgIpc) is 3.46. The summed E-state index contributed by atoms with van der Waals surface area (Å²) in [6, 6.07) is -8.98. The van der Waals surface area contributed by atoms with E-state index >= 15 is 0 Å². The van der Waals surface area contributed by atoms with Crippen molar-refractivity contribution >= 4 is 28.7 Å². The number of anilines is 1. The molecular weight excluding hydrogens is 494 g/mol. The van der Waals surface area contributed by atoms with Gasteiger partial charge in [-0.25, -0.2) is 23.4 Å². The van der Waals surface area contributed by atoms with E-state index in [4.69, 9.17) is 26.0 Å². The first-order valence-electron chi connectivity index (χ1n) is 19.4. The SMILES string of the molecule is [2H]c1c([2H])c(C2([2H])C[C@@H]2Nc2nc(SC([2H])([2H])C([2H])([2H])C([2H])([2H])[2H])nc3c2nnn3[C@]2([2H])C([2H])([2H])[C@]([2H])(OC([2H])([2H])CO)[C@@]([2H])(O)[C@@]2([2H])O)c([2H])c(F)c1F. The lowest BCUT2D eigenvalue weighted by Gasteiger charge is -2.17. The third-order valence-corrected chi connectivity index (χ3v) is 5.43. The largest absolute Gasteiger partial charge is 0.394 e. The smallest absolute Gasteiger partial charge is 0.191 e. The Hall–Kier alpha value is -2.45. The van der Waals surface area contributed by atoms with E-state index in [-0.39, 0.29) is 16.4 Å². The Balaban J connectivity index is 1.74. The minimum absolute atomic E-state index is 0.111. The van der Waals surface area contributed by atoms with Crippen LogP contribution in [0.15, 0.2) is 23.3 Å². The second kappa shape index (κ2) is 10.5. The van der Waals surface area contributed by atoms with Gasteiger partial charge < -0.3 is 25.4 Å². The van der Waals surface area contributed by atoms with Crippen molar-refractivity contribution < 1.29 is 54.9 Å². The second-order valence-corrected chi connectivity index (χ2v) is 7.84. The molecule has 10 nitrogen and oxygen atoms in total. The Morgan fingerprint density at radius 3 is 3.03 bits per heavy atom. The van der Waals surface area contributed by atoms with E-state index in [1.54, 1.807) is 0 Å². The predicted octanol–water partition coefficient (Wildman–Crippen LogP) is 2.01. The Morgan fingerprint density at radius 1 is 1.36 bits per heavy atom. The highest BCUT2D eigenvalue weighted by Crippen LogP contribution is 2.44. The lowest BCUT2D eigenvalue weighted by molar-refractivity contribution is -0.0629. The molecule has 1 unspecified atom stereocenters. The quantitative estimate of drug-likeness (QED) is 0.223. The van der Waals surface area contributed by atoms with E-state index in [0.717, 1.165) is 0 Å². The van der Waals surface area contributed by atoms with Crippen molar-refractivity contribution in [1.82, 2.24) is 25.0 Å². The van der Waals surface area contributed by atoms with Crippen LogP contribution in [0.5, 0.6) is 0 Å². The van der Waals surface area contributed by atoms with Gasteiger partial charge in [-0.05, 0) is 30.4 Å². The zero-order valence-electron chi connectivity index (χ0n) is 36.6. The summed E-state index contributed by atoms with van der Waals surface area (Å²) < 4.78 is 188. The molecule has 2 aliphatic carbocycles. The van der Waals surface area contributed by atoms with E-state index in [1.165, 1.54) is 0 Å². The summed E-state index contributed by atoms with van der Waals surface area (Å²) in [5, 5.41) is 40.4. The van der Waals surface area contributed by atoms with Crippen LogP contribution in [0.3, 0.4) is 0 Å². The van der Waals surface area contributed by atoms with Crippen LogP contribution in [0.2, 0.25) is 0 Å². The number of ether oxygens (including phenoxy) is 1. The molecule has 6 atom stereocenters. The highest BCUT2D eigenvalue weighted by molar-refractivity contribution is 7.99. The minimum Gasteiger partial charge on any atom is -0.394 e. The molecule has 2 aromatic heterocycles. The van der Waals surface area contributed by atoms with Gasteiger partial charge in [0.05, 0.1) is 37.6 Å². The van der Waals surface area contributed by atoms with Crippen LogP contribution < -0.4 is 5.32 Å². The zero-order valence-corrected chi connectivity index (χ0v) is 18.5. The molecular formula is C23H28F2N6O4S. The van der Waals surface area contributed by atoms with Gasteiger partial charge in [-0.15, -0.1) is 5.10 Å². The molecule has 13 heteroatoms. The fraction of sp³-hybridized carbons (Fsp3) is 0.565. The van der Waals surface area contributed by atoms with Gasteiger partial charge in [-0.3, -0.25) is 0 Å². The molecule has 4 N–H and O–H groups in total. The van der Waals surface area contributed by atoms with E-state index in [1.807, 2.05) is 0 Å². The molecule has 194 valence electrons. The van der Waals surface area contributed by atoms with Crippen molar-refractivity contribution in [2.75, 3.05) is 24.2 Å². The van der Waals surface area contributed by atoms with Crippen molar-refractivity contribution in [3.8, 4) is 0 Å². The highest BCUT2D eigenvalue weighted by Gasteiger charge is 2.45. The van der Waals surface area contributed by atoms with E-state index in [0.29, 0.717) is 0 Å². The molecule has 0 radical (unpaired) electrons. The van der Waals surface area contributed by atoms with Crippen LogP contribution >= 0.6 is 11.8 Å². The molecule has 0 bridgehead atoms. The number of nitrogens with zero attached hydrogens (tertiary/aromatic N) is 5. The standard InChI is InChI=1S/C23H28F2N6O4S/c1-2-7-36-23-27-21(26-15-9-12(15)11-3-4-13(24)14(25)8-11)18-22(28-23)31(30-29-18)16-10-17(35-6-5-32)20(34)19(16)33/h3-4,8,12,15-17,19-20,32-34H,2,5-7,9-10H2,1H3,(H,26,27,28)/t12?,15-,16+,17-,19-,20+/m0/s1/i1D3,2D2,3D,4D,6D2,7D2,8D,10D2,12D,16D,17D,19D,20D. The molecule has 2 heterocycles. The van der Waals surface area contributed by atoms with Crippen LogP contribution in [-0.2, 0) is 4.74 Å². The van der Waals surface area contributed by atoms with E-state index in [2.05, 4.69) is 30.3 Å². The van der Waals surface area contributed by atoms with Crippen molar-refractivity contribution in [3.05, 3.63) is 35.3 Å². The first kappa shape index (κ1) is 11.1. The summed E-state index contributed by atoms with van der Waals surface area (Å²) in [7, 11) is 0. The first-order valence-corrected chi connectivity index (χ1v) is 10.7. The molecule has 1 aromatic carbocycles. The lowest BCUT2D eigenvalue weighted by atomic mass is 10.1. The Kier molecular flexibility index (Phi) is 3.24. The molecule has 0 saturated heterocycles. The highest BCUT2D eigenvalue weighted by atomic mass is 32.2. The minimum atomic E-state index is -4.34. The van der Waals surface area contributed by atoms with Crippen molar-refractivity contribution in [3.63, 3.8) is 0 Å². The number of nitrogens with one attached hydrogen (secondary N) is 1. The summed E-state index contributed by atoms with van der Waals surface area (Å²) in [6.45, 7) is -8.70. The van der Waals surface area contributed by atoms with E-state index in [9.17, 15) is 24.1 Å². The molecule has 0 spiro atoms. The number of fused-ring (bicyclic) bond motifs is 1. The number of thioether (sulfide) groups is 1. The fourth-order valence-corrected chi connectivity index (χ4v) is 3.62. The second-order valence-electron chi connectivity index (χ2n) is 7.07. The zero-order chi connectivity index (χ0) is 42.3. The van der Waals surface area contributed by atoms with Gasteiger partial charge in [0.25, 0.3) is 0 Å². The molecule has 36 heavy (non-hydrogen) atoms. The summed E-state index contributed by atoms with van der Waals surface area (Å²) in [5.41, 5.74) is -6.04. The van der Waals surface area contributed by atoms with Crippen LogP contribution in [0, 0.1) is 11.6 Å². The number of halogens is 2. The summed E-state index contributed by atoms with van der Waals surface area (Å²) >= 11 is -0.319. The summed E-state index contributed by atoms with van der Waals surface area (Å²) in [4.78, 5) is 7.83. The van der Waals surface area contributed by atoms with Crippen molar-refractivity contribution in [2.45, 2.75) is 67.4 Å². The Bertz CT molecular complexity index is 2050. The number of rotatable bonds is 10. The van der Waals surface area contributed by atoms with Crippen LogP contribution in [-0.4, -0.2) is 83.4 Å². The predicted molar refractivity (Wildman–Crippen MR) is 128 cm³/mol. The van der Waals surface area contributed by atoms with E-state index < -0.39 is 139 Å². The van der Waals surface area contributed by atoms with Crippen LogP contribution in [0.25, 0.3) is 11.2 Å². The van der Waals surface area contributed by atoms with Gasteiger partial charge in [0.1, 0.15) is 12.2 Å². The average molecular weight is 542 g/mol. The molecule has 2 saturated carbocycles. The lowest BCUT2D eigenvalue weighted by Crippen LogP contribution is -2.33. The summed E-state index contributed by atoms with van der Waals surface area (Å²) in [5.74, 6) is -6.57. The fourth-order valence-electron chi connectivity index (χ4n) is 3.21. The van der Waals surface area contributed by atoms with Gasteiger partial charge in [-0.1, -0.05) is 29.9 Å². The number of aliphatic hydroxyl groups is 3.